The highest BCUT2D eigenvalue weighted by Crippen LogP contribution is 2.49. The van der Waals surface area contributed by atoms with Crippen LogP contribution in [-0.4, -0.2) is 19.6 Å². The number of para-hydroxylation sites is 2. The van der Waals surface area contributed by atoms with Gasteiger partial charge in [0.1, 0.15) is 5.69 Å². The van der Waals surface area contributed by atoms with Gasteiger partial charge in [-0.25, -0.2) is 14.5 Å². The minimum Gasteiger partial charge on any atom is -0.242 e. The van der Waals surface area contributed by atoms with E-state index >= 15 is 0 Å². The molecule has 1 aliphatic carbocycles. The fourth-order valence-electron chi connectivity index (χ4n) is 9.51. The second-order valence-corrected chi connectivity index (χ2v) is 16.1. The van der Waals surface area contributed by atoms with Crippen LogP contribution in [0.25, 0.3) is 105 Å². The molecule has 0 fully saturated rings. The molecule has 58 heavy (non-hydrogen) atoms. The molecule has 0 saturated carbocycles. The predicted molar refractivity (Wildman–Crippen MR) is 240 cm³/mol. The molecule has 0 unspecified atom stereocenters. The van der Waals surface area contributed by atoms with Crippen molar-refractivity contribution in [3.8, 4) is 56.0 Å². The van der Waals surface area contributed by atoms with E-state index in [1.165, 1.54) is 65.7 Å². The van der Waals surface area contributed by atoms with Crippen molar-refractivity contribution in [3.05, 3.63) is 193 Å². The fraction of sp³-hybridized carbons (Fsp3) is 0.0556. The van der Waals surface area contributed by atoms with Crippen molar-refractivity contribution < 1.29 is 0 Å². The normalized spacial score (nSPS) is 13.1. The molecule has 9 aromatic carbocycles. The first-order chi connectivity index (χ1) is 28.5. The maximum absolute atomic E-state index is 5.24. The Labute approximate surface area is 335 Å². The molecule has 11 aromatic rings. The van der Waals surface area contributed by atoms with Gasteiger partial charge in [0.2, 0.25) is 0 Å². The van der Waals surface area contributed by atoms with E-state index in [1.54, 1.807) is 0 Å². The molecule has 0 amide bonds. The molecule has 2 aromatic heterocycles. The third kappa shape index (κ3) is 4.85. The Bertz CT molecular complexity index is 3460. The maximum Gasteiger partial charge on any atom is 0.182 e. The number of fused-ring (bicyclic) bond motifs is 12. The van der Waals surface area contributed by atoms with Gasteiger partial charge in [-0.2, -0.15) is 0 Å². The number of benzene rings is 9. The molecule has 0 bridgehead atoms. The van der Waals surface area contributed by atoms with Gasteiger partial charge in [0.05, 0.1) is 11.0 Å². The average molecular weight is 741 g/mol. The van der Waals surface area contributed by atoms with Crippen molar-refractivity contribution in [2.75, 3.05) is 0 Å². The third-order valence-corrected chi connectivity index (χ3v) is 12.4. The Hall–Kier alpha value is -7.43. The first-order valence-electron chi connectivity index (χ1n) is 19.9. The van der Waals surface area contributed by atoms with Crippen LogP contribution in [0.15, 0.2) is 182 Å². The number of aromatic nitrogens is 4. The molecule has 0 saturated heterocycles. The highest BCUT2D eigenvalue weighted by molar-refractivity contribution is 6.25. The summed E-state index contributed by atoms with van der Waals surface area (Å²) in [7, 11) is 0. The van der Waals surface area contributed by atoms with Crippen LogP contribution in [0.4, 0.5) is 0 Å². The lowest BCUT2D eigenvalue weighted by Gasteiger charge is -2.21. The Balaban J connectivity index is 0.956. The van der Waals surface area contributed by atoms with E-state index in [1.807, 2.05) is 16.6 Å². The summed E-state index contributed by atoms with van der Waals surface area (Å²) in [6.45, 7) is 4.63. The lowest BCUT2D eigenvalue weighted by Crippen LogP contribution is -2.15. The van der Waals surface area contributed by atoms with Crippen molar-refractivity contribution in [3.63, 3.8) is 0 Å². The number of nitrogens with zero attached hydrogens (tertiary/aromatic N) is 4. The van der Waals surface area contributed by atoms with Gasteiger partial charge in [0.25, 0.3) is 0 Å². The zero-order chi connectivity index (χ0) is 38.5. The van der Waals surface area contributed by atoms with Gasteiger partial charge in [0, 0.05) is 16.5 Å². The van der Waals surface area contributed by atoms with Crippen LogP contribution in [0.2, 0.25) is 0 Å². The van der Waals surface area contributed by atoms with Crippen molar-refractivity contribution in [2.24, 2.45) is 0 Å². The monoisotopic (exact) mass is 740 g/mol. The lowest BCUT2D eigenvalue weighted by molar-refractivity contribution is 0.660. The SMILES string of the molecule is CC1(C)c2ccccc2-c2ccc(-c3nc4ccccc4n4nc(-c5cccc(-c6cccc(-c7ccc8c9ccccc9c9ccccc9c8c7)c6)c5)nc34)cc21. The van der Waals surface area contributed by atoms with Crippen LogP contribution in [0, 0.1) is 0 Å². The minimum absolute atomic E-state index is 0.122. The van der Waals surface area contributed by atoms with Gasteiger partial charge in [-0.1, -0.05) is 159 Å². The highest BCUT2D eigenvalue weighted by atomic mass is 15.3. The number of rotatable bonds is 4. The van der Waals surface area contributed by atoms with Gasteiger partial charge in [-0.3, -0.25) is 0 Å². The van der Waals surface area contributed by atoms with Gasteiger partial charge < -0.3 is 0 Å². The van der Waals surface area contributed by atoms with E-state index in [0.717, 1.165) is 44.6 Å². The van der Waals surface area contributed by atoms with Crippen LogP contribution in [0.1, 0.15) is 25.0 Å². The van der Waals surface area contributed by atoms with E-state index in [2.05, 4.69) is 184 Å². The summed E-state index contributed by atoms with van der Waals surface area (Å²) >= 11 is 0. The second kappa shape index (κ2) is 12.3. The van der Waals surface area contributed by atoms with Gasteiger partial charge >= 0.3 is 0 Å². The fourth-order valence-corrected chi connectivity index (χ4v) is 9.51. The zero-order valence-corrected chi connectivity index (χ0v) is 32.1. The van der Waals surface area contributed by atoms with Gasteiger partial charge in [0.15, 0.2) is 11.5 Å². The van der Waals surface area contributed by atoms with E-state index < -0.39 is 0 Å². The smallest absolute Gasteiger partial charge is 0.182 e. The van der Waals surface area contributed by atoms with Crippen molar-refractivity contribution in [2.45, 2.75) is 19.3 Å². The Morgan fingerprint density at radius 3 is 1.69 bits per heavy atom. The summed E-state index contributed by atoms with van der Waals surface area (Å²) in [4.78, 5) is 10.5. The highest BCUT2D eigenvalue weighted by Gasteiger charge is 2.35. The number of hydrogen-bond acceptors (Lipinski definition) is 3. The van der Waals surface area contributed by atoms with Crippen LogP contribution < -0.4 is 0 Å². The molecule has 0 aliphatic heterocycles. The third-order valence-electron chi connectivity index (χ3n) is 12.4. The molecule has 0 spiro atoms. The van der Waals surface area contributed by atoms with E-state index in [-0.39, 0.29) is 5.41 Å². The molecule has 0 atom stereocenters. The standard InChI is InChI=1S/C54H36N4/c1-54(2)47-22-8-7-21-44(47)45-28-26-37(32-48(45)54)51-53-56-52(57-58(53)50-24-10-9-23-49(50)55-51)38-16-12-15-35(30-38)33-13-11-14-34(29-33)36-25-27-43-41-19-4-3-17-39(41)40-18-5-6-20-42(40)46(43)31-36/h3-32H,1-2H3. The van der Waals surface area contributed by atoms with Gasteiger partial charge in [-0.05, 0) is 113 Å². The Kier molecular flexibility index (Phi) is 6.94. The van der Waals surface area contributed by atoms with Crippen LogP contribution in [-0.2, 0) is 5.41 Å². The summed E-state index contributed by atoms with van der Waals surface area (Å²) < 4.78 is 1.97. The molecular formula is C54H36N4. The van der Waals surface area contributed by atoms with Crippen molar-refractivity contribution in [1.82, 2.24) is 19.6 Å². The summed E-state index contributed by atoms with van der Waals surface area (Å²) in [6.07, 6.45) is 0. The molecule has 1 aliphatic rings. The summed E-state index contributed by atoms with van der Waals surface area (Å²) in [5, 5.41) is 12.9. The molecule has 4 nitrogen and oxygen atoms in total. The van der Waals surface area contributed by atoms with Crippen LogP contribution in [0.5, 0.6) is 0 Å². The predicted octanol–water partition coefficient (Wildman–Crippen LogP) is 13.7. The summed E-state index contributed by atoms with van der Waals surface area (Å²) in [6, 6.07) is 65.5. The molecular weight excluding hydrogens is 705 g/mol. The molecule has 0 radical (unpaired) electrons. The molecule has 2 heterocycles. The maximum atomic E-state index is 5.24. The summed E-state index contributed by atoms with van der Waals surface area (Å²) in [5.74, 6) is 0.667. The largest absolute Gasteiger partial charge is 0.242 e. The topological polar surface area (TPSA) is 43.1 Å². The lowest BCUT2D eigenvalue weighted by atomic mass is 9.82. The van der Waals surface area contributed by atoms with Crippen LogP contribution >= 0.6 is 0 Å². The first-order valence-corrected chi connectivity index (χ1v) is 19.9. The van der Waals surface area contributed by atoms with E-state index in [9.17, 15) is 0 Å². The second-order valence-electron chi connectivity index (χ2n) is 16.1. The van der Waals surface area contributed by atoms with Crippen molar-refractivity contribution in [1.29, 1.82) is 0 Å². The van der Waals surface area contributed by atoms with E-state index in [4.69, 9.17) is 15.1 Å². The molecule has 12 rings (SSSR count). The Morgan fingerprint density at radius 1 is 0.397 bits per heavy atom. The number of hydrogen-bond donors (Lipinski definition) is 0. The van der Waals surface area contributed by atoms with Crippen LogP contribution in [0.3, 0.4) is 0 Å². The molecule has 4 heteroatoms. The first kappa shape index (κ1) is 32.8. The molecule has 0 N–H and O–H groups in total. The van der Waals surface area contributed by atoms with Gasteiger partial charge in [-0.15, -0.1) is 5.10 Å². The quantitative estimate of drug-likeness (QED) is 0.169. The average Bonchev–Trinajstić information content (AvgIpc) is 3.84. The minimum atomic E-state index is -0.122. The summed E-state index contributed by atoms with van der Waals surface area (Å²) in [5.41, 5.74) is 15.1. The Morgan fingerprint density at radius 2 is 0.948 bits per heavy atom. The molecule has 272 valence electrons. The van der Waals surface area contributed by atoms with E-state index in [0.29, 0.717) is 5.82 Å². The van der Waals surface area contributed by atoms with Crippen molar-refractivity contribution >= 4 is 49.0 Å². The zero-order valence-electron chi connectivity index (χ0n) is 32.1.